The van der Waals surface area contributed by atoms with Gasteiger partial charge >= 0.3 is 0 Å². The zero-order valence-corrected chi connectivity index (χ0v) is 27.9. The van der Waals surface area contributed by atoms with Crippen LogP contribution in [0.3, 0.4) is 0 Å². The number of carbonyl (C=O) groups excluding carboxylic acids is 2. The first-order valence-corrected chi connectivity index (χ1v) is 17.7. The predicted octanol–water partition coefficient (Wildman–Crippen LogP) is 7.24. The smallest absolute Gasteiger partial charge is 0.264 e. The molecule has 5 rings (SSSR count). The number of aryl methyl sites for hydroxylation is 1. The van der Waals surface area contributed by atoms with Gasteiger partial charge < -0.3 is 15.0 Å². The maximum atomic E-state index is 14.4. The molecule has 0 heterocycles. The van der Waals surface area contributed by atoms with Gasteiger partial charge in [-0.15, -0.1) is 0 Å². The molecule has 0 spiro atoms. The summed E-state index contributed by atoms with van der Waals surface area (Å²) in [5.74, 6) is 0.489. The van der Waals surface area contributed by atoms with Crippen LogP contribution in [-0.2, 0) is 26.2 Å². The fraction of sp³-hybridized carbons (Fsp3) is 0.316. The Kier molecular flexibility index (Phi) is 11.3. The molecule has 1 saturated carbocycles. The van der Waals surface area contributed by atoms with Crippen LogP contribution >= 0.6 is 0 Å². The van der Waals surface area contributed by atoms with Crippen molar-refractivity contribution < 1.29 is 22.7 Å². The van der Waals surface area contributed by atoms with Crippen LogP contribution in [0.5, 0.6) is 11.5 Å². The Labute approximate surface area is 278 Å². The first kappa shape index (κ1) is 33.7. The van der Waals surface area contributed by atoms with Gasteiger partial charge in [-0.2, -0.15) is 0 Å². The van der Waals surface area contributed by atoms with Crippen molar-refractivity contribution in [3.63, 3.8) is 0 Å². The third kappa shape index (κ3) is 8.80. The minimum Gasteiger partial charge on any atom is -0.457 e. The van der Waals surface area contributed by atoms with Crippen LogP contribution in [0.1, 0.15) is 56.6 Å². The summed E-state index contributed by atoms with van der Waals surface area (Å²) in [4.78, 5) is 29.7. The average molecular weight is 654 g/mol. The molecule has 1 aliphatic carbocycles. The van der Waals surface area contributed by atoms with E-state index in [1.165, 1.54) is 17.0 Å². The first-order chi connectivity index (χ1) is 22.7. The lowest BCUT2D eigenvalue weighted by Gasteiger charge is -2.34. The molecule has 0 saturated heterocycles. The Morgan fingerprint density at radius 1 is 0.809 bits per heavy atom. The molecular formula is C38H43N3O5S. The second-order valence-corrected chi connectivity index (χ2v) is 13.9. The molecule has 47 heavy (non-hydrogen) atoms. The normalized spacial score (nSPS) is 14.2. The highest BCUT2D eigenvalue weighted by Gasteiger charge is 2.34. The van der Waals surface area contributed by atoms with Crippen LogP contribution in [0, 0.1) is 6.92 Å². The minimum atomic E-state index is -4.16. The number of nitrogens with zero attached hydrogens (tertiary/aromatic N) is 2. The van der Waals surface area contributed by atoms with Gasteiger partial charge in [0.15, 0.2) is 0 Å². The van der Waals surface area contributed by atoms with Crippen LogP contribution in [-0.4, -0.2) is 43.8 Å². The highest BCUT2D eigenvalue weighted by Crippen LogP contribution is 2.29. The predicted molar refractivity (Wildman–Crippen MR) is 185 cm³/mol. The van der Waals surface area contributed by atoms with Crippen molar-refractivity contribution >= 4 is 27.5 Å². The van der Waals surface area contributed by atoms with Gasteiger partial charge in [0.05, 0.1) is 10.6 Å². The van der Waals surface area contributed by atoms with Crippen LogP contribution in [0.25, 0.3) is 0 Å². The molecule has 1 fully saturated rings. The molecule has 1 N–H and O–H groups in total. The summed E-state index contributed by atoms with van der Waals surface area (Å²) >= 11 is 0. The molecule has 4 aromatic carbocycles. The van der Waals surface area contributed by atoms with E-state index < -0.39 is 28.5 Å². The van der Waals surface area contributed by atoms with Gasteiger partial charge in [0, 0.05) is 12.6 Å². The lowest BCUT2D eigenvalue weighted by Crippen LogP contribution is -2.54. The molecule has 0 radical (unpaired) electrons. The maximum absolute atomic E-state index is 14.4. The summed E-state index contributed by atoms with van der Waals surface area (Å²) in [5.41, 5.74) is 2.24. The second-order valence-electron chi connectivity index (χ2n) is 12.0. The fourth-order valence-electron chi connectivity index (χ4n) is 5.91. The van der Waals surface area contributed by atoms with Crippen molar-refractivity contribution in [1.29, 1.82) is 0 Å². The molecule has 2 amide bonds. The van der Waals surface area contributed by atoms with E-state index in [0.717, 1.165) is 47.5 Å². The lowest BCUT2D eigenvalue weighted by atomic mass is 9.95. The van der Waals surface area contributed by atoms with E-state index in [-0.39, 0.29) is 23.4 Å². The number of benzene rings is 4. The SMILES string of the molecule is CC[C@@H](C(=O)NC1CCCCC1)N(Cc1ccc(C)cc1)C(=O)CN(c1ccc(Oc2ccccc2)cc1)S(=O)(=O)c1ccccc1. The van der Waals surface area contributed by atoms with Crippen molar-refractivity contribution in [3.8, 4) is 11.5 Å². The second kappa shape index (κ2) is 15.8. The van der Waals surface area contributed by atoms with Gasteiger partial charge in [-0.1, -0.05) is 92.4 Å². The Morgan fingerprint density at radius 3 is 2.02 bits per heavy atom. The standard InChI is InChI=1S/C38H43N3O5S/c1-3-36(38(43)39-31-13-7-4-8-14-31)40(27-30-21-19-29(2)20-22-30)37(42)28-41(47(44,45)35-17-11-6-12-18-35)32-23-25-34(26-24-32)46-33-15-9-5-10-16-33/h5-6,9-12,15-26,31,36H,3-4,7-8,13-14,27-28H2,1-2H3,(H,39,43)/t36-/m0/s1. The zero-order chi connectivity index (χ0) is 33.2. The van der Waals surface area contributed by atoms with E-state index in [1.54, 1.807) is 42.5 Å². The fourth-order valence-corrected chi connectivity index (χ4v) is 7.34. The summed E-state index contributed by atoms with van der Waals surface area (Å²) < 4.78 is 35.3. The number of carbonyl (C=O) groups is 2. The highest BCUT2D eigenvalue weighted by atomic mass is 32.2. The maximum Gasteiger partial charge on any atom is 0.264 e. The van der Waals surface area contributed by atoms with E-state index in [2.05, 4.69) is 5.32 Å². The van der Waals surface area contributed by atoms with Crippen molar-refractivity contribution in [2.24, 2.45) is 0 Å². The van der Waals surface area contributed by atoms with Gasteiger partial charge in [-0.05, 0) is 80.3 Å². The Hall–Kier alpha value is -4.63. The van der Waals surface area contributed by atoms with Crippen molar-refractivity contribution in [1.82, 2.24) is 10.2 Å². The summed E-state index contributed by atoms with van der Waals surface area (Å²) in [6.07, 6.45) is 5.51. The van der Waals surface area contributed by atoms with Gasteiger partial charge in [0.2, 0.25) is 11.8 Å². The molecule has 4 aromatic rings. The van der Waals surface area contributed by atoms with E-state index in [9.17, 15) is 18.0 Å². The number of ether oxygens (including phenoxy) is 1. The van der Waals surface area contributed by atoms with Crippen LogP contribution in [0.2, 0.25) is 0 Å². The molecule has 0 aliphatic heterocycles. The summed E-state index contributed by atoms with van der Waals surface area (Å²) in [7, 11) is -4.16. The van der Waals surface area contributed by atoms with Gasteiger partial charge in [-0.3, -0.25) is 13.9 Å². The zero-order valence-electron chi connectivity index (χ0n) is 27.0. The Bertz CT molecular complexity index is 1710. The molecular weight excluding hydrogens is 611 g/mol. The number of amides is 2. The third-order valence-corrected chi connectivity index (χ3v) is 10.3. The number of hydrogen-bond acceptors (Lipinski definition) is 5. The van der Waals surface area contributed by atoms with Crippen molar-refractivity contribution in [2.75, 3.05) is 10.8 Å². The minimum absolute atomic E-state index is 0.0598. The van der Waals surface area contributed by atoms with Crippen molar-refractivity contribution in [3.05, 3.63) is 120 Å². The Morgan fingerprint density at radius 2 is 1.40 bits per heavy atom. The number of anilines is 1. The van der Waals surface area contributed by atoms with Gasteiger partial charge in [0.25, 0.3) is 10.0 Å². The topological polar surface area (TPSA) is 96.0 Å². The van der Waals surface area contributed by atoms with E-state index >= 15 is 0 Å². The summed E-state index contributed by atoms with van der Waals surface area (Å²) in [6.45, 7) is 3.54. The first-order valence-electron chi connectivity index (χ1n) is 16.3. The van der Waals surface area contributed by atoms with E-state index in [1.807, 2.05) is 68.4 Å². The van der Waals surface area contributed by atoms with Crippen LogP contribution in [0.4, 0.5) is 5.69 Å². The highest BCUT2D eigenvalue weighted by molar-refractivity contribution is 7.92. The number of hydrogen-bond donors (Lipinski definition) is 1. The van der Waals surface area contributed by atoms with Crippen LogP contribution < -0.4 is 14.4 Å². The molecule has 0 aromatic heterocycles. The third-order valence-electron chi connectivity index (χ3n) is 8.52. The number of para-hydroxylation sites is 1. The quantitative estimate of drug-likeness (QED) is 0.164. The van der Waals surface area contributed by atoms with Crippen molar-refractivity contribution in [2.45, 2.75) is 75.9 Å². The van der Waals surface area contributed by atoms with E-state index in [4.69, 9.17) is 4.74 Å². The van der Waals surface area contributed by atoms with E-state index in [0.29, 0.717) is 23.6 Å². The summed E-state index contributed by atoms with van der Waals surface area (Å²) in [5, 5.41) is 3.19. The average Bonchev–Trinajstić information content (AvgIpc) is 3.09. The van der Waals surface area contributed by atoms with Crippen LogP contribution in [0.15, 0.2) is 114 Å². The monoisotopic (exact) mass is 653 g/mol. The lowest BCUT2D eigenvalue weighted by molar-refractivity contribution is -0.140. The molecule has 0 unspecified atom stereocenters. The molecule has 8 nitrogen and oxygen atoms in total. The molecule has 1 atom stereocenters. The Balaban J connectivity index is 1.47. The largest absolute Gasteiger partial charge is 0.457 e. The molecule has 246 valence electrons. The van der Waals surface area contributed by atoms with Gasteiger partial charge in [0.1, 0.15) is 24.1 Å². The summed E-state index contributed by atoms with van der Waals surface area (Å²) in [6, 6.07) is 31.1. The number of rotatable bonds is 13. The molecule has 0 bridgehead atoms. The molecule has 1 aliphatic rings. The number of sulfonamides is 1. The van der Waals surface area contributed by atoms with Gasteiger partial charge in [-0.25, -0.2) is 8.42 Å². The molecule has 9 heteroatoms. The number of nitrogens with one attached hydrogen (secondary N) is 1.